The van der Waals surface area contributed by atoms with E-state index < -0.39 is 5.97 Å². The minimum absolute atomic E-state index is 0.120. The first-order valence-corrected chi connectivity index (χ1v) is 10.3. The van der Waals surface area contributed by atoms with Crippen LogP contribution in [0.25, 0.3) is 6.08 Å². The molecule has 6 nitrogen and oxygen atoms in total. The van der Waals surface area contributed by atoms with Gasteiger partial charge in [-0.25, -0.2) is 4.79 Å². The molecule has 0 unspecified atom stereocenters. The number of carbonyl (C=O) groups excluding carboxylic acids is 2. The van der Waals surface area contributed by atoms with Crippen LogP contribution in [0, 0.1) is 6.92 Å². The summed E-state index contributed by atoms with van der Waals surface area (Å²) in [6.07, 6.45) is 1.60. The number of ether oxygens (including phenoxy) is 4. The van der Waals surface area contributed by atoms with E-state index in [9.17, 15) is 9.59 Å². The molecule has 32 heavy (non-hydrogen) atoms. The molecule has 7 heteroatoms. The van der Waals surface area contributed by atoms with Crippen LogP contribution in [0.4, 0.5) is 0 Å². The smallest absolute Gasteiger partial charge is 0.343 e. The number of allylic oxidation sites excluding steroid dienone is 1. The van der Waals surface area contributed by atoms with Crippen LogP contribution in [0.3, 0.4) is 0 Å². The summed E-state index contributed by atoms with van der Waals surface area (Å²) in [4.78, 5) is 25.4. The van der Waals surface area contributed by atoms with Gasteiger partial charge in [0.15, 0.2) is 12.6 Å². The molecule has 0 aliphatic carbocycles. The van der Waals surface area contributed by atoms with Crippen LogP contribution >= 0.6 is 11.6 Å². The second-order valence-corrected chi connectivity index (χ2v) is 7.79. The summed E-state index contributed by atoms with van der Waals surface area (Å²) < 4.78 is 22.3. The van der Waals surface area contributed by atoms with Gasteiger partial charge < -0.3 is 18.9 Å². The SMILES string of the molecule is Cc1c(OC(=O)c2ccccc2)ccc2c1O/C(=C\c1cc(Cl)cc3c1OCOC3)C2=O. The number of halogens is 1. The molecule has 160 valence electrons. The molecular formula is C25H17ClO6. The lowest BCUT2D eigenvalue weighted by Gasteiger charge is -2.20. The highest BCUT2D eigenvalue weighted by Crippen LogP contribution is 2.41. The lowest BCUT2D eigenvalue weighted by Crippen LogP contribution is -2.12. The van der Waals surface area contributed by atoms with E-state index in [4.69, 9.17) is 30.5 Å². The van der Waals surface area contributed by atoms with Gasteiger partial charge in [-0.15, -0.1) is 0 Å². The Bertz CT molecular complexity index is 1280. The summed E-state index contributed by atoms with van der Waals surface area (Å²) in [7, 11) is 0. The van der Waals surface area contributed by atoms with Gasteiger partial charge in [-0.1, -0.05) is 29.8 Å². The Labute approximate surface area is 188 Å². The maximum absolute atomic E-state index is 13.0. The van der Waals surface area contributed by atoms with Crippen LogP contribution in [0.2, 0.25) is 5.02 Å². The van der Waals surface area contributed by atoms with E-state index in [0.29, 0.717) is 51.1 Å². The summed E-state index contributed by atoms with van der Waals surface area (Å²) in [6.45, 7) is 2.23. The molecule has 0 radical (unpaired) electrons. The van der Waals surface area contributed by atoms with Crippen molar-refractivity contribution in [1.29, 1.82) is 0 Å². The number of hydrogen-bond donors (Lipinski definition) is 0. The van der Waals surface area contributed by atoms with E-state index in [1.807, 2.05) is 6.07 Å². The Kier molecular flexibility index (Phi) is 5.17. The molecule has 0 aromatic heterocycles. The second kappa shape index (κ2) is 8.15. The zero-order valence-corrected chi connectivity index (χ0v) is 17.8. The Morgan fingerprint density at radius 1 is 1.09 bits per heavy atom. The van der Waals surface area contributed by atoms with Crippen LogP contribution in [0.15, 0.2) is 60.4 Å². The van der Waals surface area contributed by atoms with Gasteiger partial charge >= 0.3 is 5.97 Å². The van der Waals surface area contributed by atoms with Crippen molar-refractivity contribution >= 4 is 29.4 Å². The highest BCUT2D eigenvalue weighted by Gasteiger charge is 2.31. The van der Waals surface area contributed by atoms with Crippen molar-refractivity contribution in [2.24, 2.45) is 0 Å². The molecule has 0 N–H and O–H groups in total. The number of fused-ring (bicyclic) bond motifs is 2. The summed E-state index contributed by atoms with van der Waals surface area (Å²) >= 11 is 6.22. The third-order valence-corrected chi connectivity index (χ3v) is 5.46. The Morgan fingerprint density at radius 3 is 2.72 bits per heavy atom. The predicted octanol–water partition coefficient (Wildman–Crippen LogP) is 5.35. The van der Waals surface area contributed by atoms with E-state index in [1.165, 1.54) is 0 Å². The number of rotatable bonds is 3. The number of carbonyl (C=O) groups is 2. The van der Waals surface area contributed by atoms with Crippen LogP contribution < -0.4 is 14.2 Å². The monoisotopic (exact) mass is 448 g/mol. The van der Waals surface area contributed by atoms with Gasteiger partial charge in [0, 0.05) is 21.7 Å². The third-order valence-electron chi connectivity index (χ3n) is 5.24. The van der Waals surface area contributed by atoms with Crippen molar-refractivity contribution in [3.05, 3.63) is 93.2 Å². The summed E-state index contributed by atoms with van der Waals surface area (Å²) in [5.41, 5.74) is 2.81. The molecule has 0 spiro atoms. The van der Waals surface area contributed by atoms with Crippen LogP contribution in [-0.4, -0.2) is 18.5 Å². The summed E-state index contributed by atoms with van der Waals surface area (Å²) in [6, 6.07) is 15.3. The summed E-state index contributed by atoms with van der Waals surface area (Å²) in [5, 5.41) is 0.499. The first-order chi connectivity index (χ1) is 15.5. The number of ketones is 1. The number of hydrogen-bond acceptors (Lipinski definition) is 6. The lowest BCUT2D eigenvalue weighted by atomic mass is 10.0. The average Bonchev–Trinajstić information content (AvgIpc) is 3.12. The van der Waals surface area contributed by atoms with E-state index in [1.54, 1.807) is 61.5 Å². The number of benzene rings is 3. The molecular weight excluding hydrogens is 432 g/mol. The molecule has 5 rings (SSSR count). The van der Waals surface area contributed by atoms with Crippen LogP contribution in [0.1, 0.15) is 37.4 Å². The average molecular weight is 449 g/mol. The predicted molar refractivity (Wildman–Crippen MR) is 117 cm³/mol. The highest BCUT2D eigenvalue weighted by atomic mass is 35.5. The first-order valence-electron chi connectivity index (χ1n) is 9.89. The zero-order chi connectivity index (χ0) is 22.2. The van der Waals surface area contributed by atoms with Crippen LogP contribution in [0.5, 0.6) is 17.2 Å². The molecule has 0 atom stereocenters. The molecule has 2 heterocycles. The largest absolute Gasteiger partial charge is 0.467 e. The van der Waals surface area contributed by atoms with Gasteiger partial charge in [0.25, 0.3) is 0 Å². The minimum Gasteiger partial charge on any atom is -0.467 e. The van der Waals surface area contributed by atoms with Crippen molar-refractivity contribution < 1.29 is 28.5 Å². The molecule has 0 saturated heterocycles. The Morgan fingerprint density at radius 2 is 1.91 bits per heavy atom. The normalized spacial score (nSPS) is 15.6. The zero-order valence-electron chi connectivity index (χ0n) is 17.0. The quantitative estimate of drug-likeness (QED) is 0.305. The van der Waals surface area contributed by atoms with Crippen LogP contribution in [-0.2, 0) is 11.3 Å². The topological polar surface area (TPSA) is 71.1 Å². The molecule has 0 saturated carbocycles. The molecule has 2 aliphatic heterocycles. The number of Topliss-reactive ketones (excluding diaryl/α,β-unsaturated/α-hetero) is 1. The van der Waals surface area contributed by atoms with Gasteiger partial charge in [-0.2, -0.15) is 0 Å². The van der Waals surface area contributed by atoms with Crippen molar-refractivity contribution in [3.8, 4) is 17.2 Å². The highest BCUT2D eigenvalue weighted by molar-refractivity contribution is 6.31. The van der Waals surface area contributed by atoms with E-state index >= 15 is 0 Å². The molecule has 3 aromatic rings. The summed E-state index contributed by atoms with van der Waals surface area (Å²) in [5.74, 6) is 0.666. The Hall–Kier alpha value is -3.61. The van der Waals surface area contributed by atoms with E-state index in [2.05, 4.69) is 0 Å². The van der Waals surface area contributed by atoms with Gasteiger partial charge in [0.05, 0.1) is 17.7 Å². The molecule has 0 amide bonds. The standard InChI is InChI=1S/C25H17ClO6/c1-14-20(32-25(28)15-5-3-2-4-6-15)8-7-19-22(27)21(31-23(14)19)11-16-9-18(26)10-17-12-29-13-30-24(16)17/h2-11H,12-13H2,1H3/b21-11-. The van der Waals surface area contributed by atoms with Gasteiger partial charge in [-0.3, -0.25) is 4.79 Å². The Balaban J connectivity index is 1.46. The fourth-order valence-corrected chi connectivity index (χ4v) is 3.92. The molecule has 0 fully saturated rings. The van der Waals surface area contributed by atoms with Gasteiger partial charge in [0.2, 0.25) is 5.78 Å². The molecule has 3 aromatic carbocycles. The van der Waals surface area contributed by atoms with E-state index in [-0.39, 0.29) is 18.3 Å². The molecule has 0 bridgehead atoms. The first kappa shape index (κ1) is 20.3. The van der Waals surface area contributed by atoms with Crippen molar-refractivity contribution in [1.82, 2.24) is 0 Å². The van der Waals surface area contributed by atoms with Gasteiger partial charge in [0.1, 0.15) is 17.2 Å². The third kappa shape index (κ3) is 3.64. The fourth-order valence-electron chi connectivity index (χ4n) is 3.67. The number of esters is 1. The van der Waals surface area contributed by atoms with Crippen molar-refractivity contribution in [2.45, 2.75) is 13.5 Å². The van der Waals surface area contributed by atoms with Crippen molar-refractivity contribution in [2.75, 3.05) is 6.79 Å². The molecule has 2 aliphatic rings. The van der Waals surface area contributed by atoms with E-state index in [0.717, 1.165) is 5.56 Å². The van der Waals surface area contributed by atoms with Gasteiger partial charge in [-0.05, 0) is 49.4 Å². The lowest BCUT2D eigenvalue weighted by molar-refractivity contribution is -0.0165. The maximum Gasteiger partial charge on any atom is 0.343 e. The fraction of sp³-hybridized carbons (Fsp3) is 0.120. The minimum atomic E-state index is -0.487. The maximum atomic E-state index is 13.0. The second-order valence-electron chi connectivity index (χ2n) is 7.35. The van der Waals surface area contributed by atoms with Crippen molar-refractivity contribution in [3.63, 3.8) is 0 Å².